The summed E-state index contributed by atoms with van der Waals surface area (Å²) in [5.41, 5.74) is 0.953. The summed E-state index contributed by atoms with van der Waals surface area (Å²) in [5, 5.41) is 3.82. The van der Waals surface area contributed by atoms with E-state index >= 15 is 0 Å². The highest BCUT2D eigenvalue weighted by Crippen LogP contribution is 2.32. The number of nitrogens with one attached hydrogen (secondary N) is 1. The van der Waals surface area contributed by atoms with Gasteiger partial charge < -0.3 is 19.7 Å². The average molecular weight is 421 g/mol. The molecule has 2 aliphatic heterocycles. The van der Waals surface area contributed by atoms with Crippen LogP contribution in [0.5, 0.6) is 11.5 Å². The second-order valence-electron chi connectivity index (χ2n) is 6.63. The summed E-state index contributed by atoms with van der Waals surface area (Å²) in [6, 6.07) is 7.42. The number of ether oxygens (including phenoxy) is 2. The largest absolute Gasteiger partial charge is 0.454 e. The summed E-state index contributed by atoms with van der Waals surface area (Å²) >= 11 is 7.44. The Labute approximate surface area is 172 Å². The lowest BCUT2D eigenvalue weighted by Gasteiger charge is -2.27. The van der Waals surface area contributed by atoms with Crippen LogP contribution in [0.2, 0.25) is 5.15 Å². The number of nitrogens with zero attached hydrogens (tertiary/aromatic N) is 3. The van der Waals surface area contributed by atoms with E-state index in [-0.39, 0.29) is 18.5 Å². The van der Waals surface area contributed by atoms with Gasteiger partial charge >= 0.3 is 0 Å². The molecule has 1 aromatic heterocycles. The monoisotopic (exact) mass is 420 g/mol. The number of anilines is 1. The molecule has 0 spiro atoms. The molecule has 148 valence electrons. The van der Waals surface area contributed by atoms with Gasteiger partial charge in [-0.25, -0.2) is 9.97 Å². The Morgan fingerprint density at radius 2 is 1.96 bits per heavy atom. The Morgan fingerprint density at radius 3 is 2.82 bits per heavy atom. The minimum absolute atomic E-state index is 0.0919. The first-order chi connectivity index (χ1) is 13.7. The fraction of sp³-hybridized carbons (Fsp3) is 0.421. The molecule has 0 atom stereocenters. The molecule has 1 fully saturated rings. The van der Waals surface area contributed by atoms with Gasteiger partial charge in [-0.3, -0.25) is 4.79 Å². The summed E-state index contributed by atoms with van der Waals surface area (Å²) in [6.07, 6.45) is 3.57. The zero-order valence-electron chi connectivity index (χ0n) is 15.3. The number of aromatic nitrogens is 2. The van der Waals surface area contributed by atoms with Crippen LogP contribution in [-0.2, 0) is 11.3 Å². The fourth-order valence-electron chi connectivity index (χ4n) is 3.17. The number of piperidine rings is 1. The molecule has 4 rings (SSSR count). The number of amides is 1. The Bertz CT molecular complexity index is 861. The van der Waals surface area contributed by atoms with Crippen molar-refractivity contribution in [2.75, 3.05) is 30.5 Å². The van der Waals surface area contributed by atoms with Gasteiger partial charge in [-0.15, -0.1) is 0 Å². The van der Waals surface area contributed by atoms with Crippen LogP contribution in [0, 0.1) is 0 Å². The lowest BCUT2D eigenvalue weighted by molar-refractivity contribution is -0.118. The maximum atomic E-state index is 12.2. The van der Waals surface area contributed by atoms with Crippen molar-refractivity contribution in [3.05, 3.63) is 35.0 Å². The van der Waals surface area contributed by atoms with Crippen LogP contribution in [-0.4, -0.2) is 41.5 Å². The normalized spacial score (nSPS) is 15.5. The molecular formula is C19H21ClN4O3S. The highest BCUT2D eigenvalue weighted by Gasteiger charge is 2.16. The van der Waals surface area contributed by atoms with Gasteiger partial charge in [-0.1, -0.05) is 29.4 Å². The lowest BCUT2D eigenvalue weighted by atomic mass is 10.1. The molecule has 9 heteroatoms. The third-order valence-corrected chi connectivity index (χ3v) is 5.64. The molecule has 1 saturated heterocycles. The molecule has 1 N–H and O–H groups in total. The molecule has 28 heavy (non-hydrogen) atoms. The van der Waals surface area contributed by atoms with E-state index in [1.165, 1.54) is 18.2 Å². The van der Waals surface area contributed by atoms with Gasteiger partial charge in [-0.05, 0) is 37.0 Å². The summed E-state index contributed by atoms with van der Waals surface area (Å²) in [6.45, 7) is 2.62. The van der Waals surface area contributed by atoms with Crippen molar-refractivity contribution in [2.24, 2.45) is 0 Å². The van der Waals surface area contributed by atoms with E-state index in [0.717, 1.165) is 43.1 Å². The molecule has 0 bridgehead atoms. The summed E-state index contributed by atoms with van der Waals surface area (Å²) in [7, 11) is 0. The highest BCUT2D eigenvalue weighted by atomic mass is 35.5. The predicted octanol–water partition coefficient (Wildman–Crippen LogP) is 3.26. The quantitative estimate of drug-likeness (QED) is 0.436. The first kappa shape index (κ1) is 19.1. The number of carbonyl (C=O) groups excluding carboxylic acids is 1. The van der Waals surface area contributed by atoms with Crippen LogP contribution in [0.1, 0.15) is 24.8 Å². The molecule has 3 heterocycles. The second-order valence-corrected chi connectivity index (χ2v) is 7.96. The minimum Gasteiger partial charge on any atom is -0.454 e. The highest BCUT2D eigenvalue weighted by molar-refractivity contribution is 7.99. The van der Waals surface area contributed by atoms with Crippen molar-refractivity contribution >= 4 is 35.1 Å². The molecular weight excluding hydrogens is 400 g/mol. The Hall–Kier alpha value is -2.19. The van der Waals surface area contributed by atoms with E-state index in [4.69, 9.17) is 21.1 Å². The van der Waals surface area contributed by atoms with Gasteiger partial charge in [-0.2, -0.15) is 0 Å². The summed E-state index contributed by atoms with van der Waals surface area (Å²) in [4.78, 5) is 23.2. The molecule has 1 amide bonds. The van der Waals surface area contributed by atoms with Crippen LogP contribution in [0.25, 0.3) is 0 Å². The lowest BCUT2D eigenvalue weighted by Crippen LogP contribution is -2.30. The molecule has 0 unspecified atom stereocenters. The Kier molecular flexibility index (Phi) is 6.07. The maximum absolute atomic E-state index is 12.2. The van der Waals surface area contributed by atoms with E-state index < -0.39 is 0 Å². The van der Waals surface area contributed by atoms with Crippen molar-refractivity contribution in [1.29, 1.82) is 0 Å². The van der Waals surface area contributed by atoms with Crippen molar-refractivity contribution in [2.45, 2.75) is 31.0 Å². The number of hydrogen-bond acceptors (Lipinski definition) is 7. The number of carbonyl (C=O) groups is 1. The third kappa shape index (κ3) is 4.80. The van der Waals surface area contributed by atoms with Gasteiger partial charge in [0.15, 0.2) is 16.7 Å². The SMILES string of the molecule is O=C(CSc1nc(Cl)cc(N2CCCCC2)n1)NCc1ccc2c(c1)OCO2. The van der Waals surface area contributed by atoms with E-state index in [0.29, 0.717) is 22.6 Å². The van der Waals surface area contributed by atoms with E-state index in [1.807, 2.05) is 18.2 Å². The van der Waals surface area contributed by atoms with Gasteiger partial charge in [0.05, 0.1) is 5.75 Å². The van der Waals surface area contributed by atoms with E-state index in [9.17, 15) is 4.79 Å². The summed E-state index contributed by atoms with van der Waals surface area (Å²) < 4.78 is 10.6. The average Bonchev–Trinajstić information content (AvgIpc) is 3.19. The number of hydrogen-bond donors (Lipinski definition) is 1. The Morgan fingerprint density at radius 1 is 1.14 bits per heavy atom. The molecule has 0 aliphatic carbocycles. The van der Waals surface area contributed by atoms with E-state index in [1.54, 1.807) is 6.07 Å². The van der Waals surface area contributed by atoms with Gasteiger partial charge in [0, 0.05) is 25.7 Å². The maximum Gasteiger partial charge on any atom is 0.231 e. The number of halogens is 1. The number of fused-ring (bicyclic) bond motifs is 1. The van der Waals surface area contributed by atoms with Gasteiger partial charge in [0.25, 0.3) is 0 Å². The minimum atomic E-state index is -0.0919. The van der Waals surface area contributed by atoms with Crippen LogP contribution in [0.3, 0.4) is 0 Å². The zero-order chi connectivity index (χ0) is 19.3. The van der Waals surface area contributed by atoms with Crippen LogP contribution in [0.15, 0.2) is 29.4 Å². The number of rotatable bonds is 6. The zero-order valence-corrected chi connectivity index (χ0v) is 16.9. The molecule has 2 aliphatic rings. The van der Waals surface area contributed by atoms with Gasteiger partial charge in [0.1, 0.15) is 11.0 Å². The topological polar surface area (TPSA) is 76.6 Å². The predicted molar refractivity (Wildman–Crippen MR) is 108 cm³/mol. The van der Waals surface area contributed by atoms with Crippen LogP contribution in [0.4, 0.5) is 5.82 Å². The van der Waals surface area contributed by atoms with Crippen molar-refractivity contribution in [3.63, 3.8) is 0 Å². The Balaban J connectivity index is 1.30. The van der Waals surface area contributed by atoms with Crippen molar-refractivity contribution in [1.82, 2.24) is 15.3 Å². The molecule has 0 radical (unpaired) electrons. The first-order valence-corrected chi connectivity index (χ1v) is 10.6. The number of benzene rings is 1. The molecule has 2 aromatic rings. The van der Waals surface area contributed by atoms with E-state index in [2.05, 4.69) is 20.2 Å². The van der Waals surface area contributed by atoms with Crippen LogP contribution < -0.4 is 19.7 Å². The fourth-order valence-corrected chi connectivity index (χ4v) is 4.08. The second kappa shape index (κ2) is 8.87. The standard InChI is InChI=1S/C19H21ClN4O3S/c20-16-9-17(24-6-2-1-3-7-24)23-19(22-16)28-11-18(25)21-10-13-4-5-14-15(8-13)27-12-26-14/h4-5,8-9H,1-3,6-7,10-12H2,(H,21,25). The molecule has 7 nitrogen and oxygen atoms in total. The molecule has 1 aromatic carbocycles. The number of thioether (sulfide) groups is 1. The van der Waals surface area contributed by atoms with Crippen LogP contribution >= 0.6 is 23.4 Å². The third-order valence-electron chi connectivity index (χ3n) is 4.60. The smallest absolute Gasteiger partial charge is 0.231 e. The first-order valence-electron chi connectivity index (χ1n) is 9.25. The molecule has 0 saturated carbocycles. The van der Waals surface area contributed by atoms with Gasteiger partial charge in [0.2, 0.25) is 12.7 Å². The van der Waals surface area contributed by atoms with Crippen molar-refractivity contribution < 1.29 is 14.3 Å². The van der Waals surface area contributed by atoms with Crippen molar-refractivity contribution in [3.8, 4) is 11.5 Å². The summed E-state index contributed by atoms with van der Waals surface area (Å²) in [5.74, 6) is 2.41.